The number of H-pyrrole nitrogens is 1. The molecule has 0 aliphatic rings. The van der Waals surface area contributed by atoms with Gasteiger partial charge in [0.15, 0.2) is 11.6 Å². The van der Waals surface area contributed by atoms with Crippen molar-refractivity contribution in [3.8, 4) is 5.75 Å². The Labute approximate surface area is 118 Å². The summed E-state index contributed by atoms with van der Waals surface area (Å²) in [5.41, 5.74) is -0.430. The highest BCUT2D eigenvalue weighted by Gasteiger charge is 2.32. The molecule has 2 aromatic rings. The summed E-state index contributed by atoms with van der Waals surface area (Å²) in [6.07, 6.45) is -3.68. The molecule has 2 rings (SSSR count). The van der Waals surface area contributed by atoms with Crippen molar-refractivity contribution in [2.24, 2.45) is 0 Å². The Kier molecular flexibility index (Phi) is 3.98. The maximum Gasteiger partial charge on any atom is 0.573 e. The molecule has 0 fully saturated rings. The van der Waals surface area contributed by atoms with Gasteiger partial charge in [0.05, 0.1) is 12.0 Å². The number of rotatable bonds is 3. The third-order valence-electron chi connectivity index (χ3n) is 2.16. The fourth-order valence-corrected chi connectivity index (χ4v) is 1.70. The van der Waals surface area contributed by atoms with Gasteiger partial charge in [-0.05, 0) is 28.1 Å². The molecule has 0 amide bonds. The predicted molar refractivity (Wildman–Crippen MR) is 69.0 cm³/mol. The average molecular weight is 350 g/mol. The number of nitrogens with one attached hydrogen (secondary N) is 2. The second-order valence-corrected chi connectivity index (χ2v) is 4.36. The van der Waals surface area contributed by atoms with E-state index in [0.717, 1.165) is 12.4 Å². The minimum Gasteiger partial charge on any atom is -0.404 e. The molecule has 9 heteroatoms. The summed E-state index contributed by atoms with van der Waals surface area (Å²) in [6.45, 7) is 0. The molecule has 2 N–H and O–H groups in total. The average Bonchev–Trinajstić information content (AvgIpc) is 2.35. The molecule has 0 atom stereocenters. The van der Waals surface area contributed by atoms with Crippen LogP contribution in [0, 0.1) is 0 Å². The van der Waals surface area contributed by atoms with Gasteiger partial charge in [-0.3, -0.25) is 4.79 Å². The van der Waals surface area contributed by atoms with E-state index >= 15 is 0 Å². The SMILES string of the molecule is O=c1[nH]cnc(Nc2ccccc2OC(F)(F)F)c1Br. The van der Waals surface area contributed by atoms with Gasteiger partial charge >= 0.3 is 6.36 Å². The van der Waals surface area contributed by atoms with Crippen LogP contribution in [0.3, 0.4) is 0 Å². The van der Waals surface area contributed by atoms with Crippen LogP contribution in [0.4, 0.5) is 24.7 Å². The minimum absolute atomic E-state index is 0.0311. The number of nitrogens with zero attached hydrogens (tertiary/aromatic N) is 1. The van der Waals surface area contributed by atoms with Crippen LogP contribution >= 0.6 is 15.9 Å². The number of benzene rings is 1. The van der Waals surface area contributed by atoms with Crippen molar-refractivity contribution in [3.63, 3.8) is 0 Å². The molecule has 0 saturated carbocycles. The van der Waals surface area contributed by atoms with Gasteiger partial charge in [0.25, 0.3) is 5.56 Å². The Balaban J connectivity index is 2.34. The zero-order valence-electron chi connectivity index (χ0n) is 9.66. The van der Waals surface area contributed by atoms with E-state index in [1.165, 1.54) is 18.2 Å². The van der Waals surface area contributed by atoms with E-state index in [1.807, 2.05) is 0 Å². The summed E-state index contributed by atoms with van der Waals surface area (Å²) < 4.78 is 40.8. The van der Waals surface area contributed by atoms with Crippen LogP contribution in [0.5, 0.6) is 5.75 Å². The summed E-state index contributed by atoms with van der Waals surface area (Å²) in [5.74, 6) is -0.346. The van der Waals surface area contributed by atoms with E-state index in [4.69, 9.17) is 0 Å². The Bertz CT molecular complexity index is 672. The molecule has 1 aromatic heterocycles. The van der Waals surface area contributed by atoms with Crippen molar-refractivity contribution < 1.29 is 17.9 Å². The molecule has 0 spiro atoms. The zero-order valence-corrected chi connectivity index (χ0v) is 11.2. The molecule has 0 radical (unpaired) electrons. The third kappa shape index (κ3) is 3.50. The Morgan fingerprint density at radius 3 is 2.70 bits per heavy atom. The number of para-hydroxylation sites is 2. The number of hydrogen-bond acceptors (Lipinski definition) is 4. The molecule has 0 aliphatic heterocycles. The van der Waals surface area contributed by atoms with Crippen molar-refractivity contribution in [1.82, 2.24) is 9.97 Å². The number of ether oxygens (including phenoxy) is 1. The van der Waals surface area contributed by atoms with Crippen LogP contribution in [0.15, 0.2) is 39.9 Å². The highest BCUT2D eigenvalue weighted by atomic mass is 79.9. The minimum atomic E-state index is -4.81. The fourth-order valence-electron chi connectivity index (χ4n) is 1.38. The molecule has 20 heavy (non-hydrogen) atoms. The zero-order chi connectivity index (χ0) is 14.8. The van der Waals surface area contributed by atoms with Gasteiger partial charge in [-0.25, -0.2) is 4.98 Å². The molecule has 1 heterocycles. The second kappa shape index (κ2) is 5.53. The standard InChI is InChI=1S/C11H7BrF3N3O2/c12-8-9(16-5-17-10(8)19)18-6-3-1-2-4-7(6)20-11(13,14)15/h1-5H,(H2,16,17,18,19). The lowest BCUT2D eigenvalue weighted by Crippen LogP contribution is -2.18. The van der Waals surface area contributed by atoms with Crippen molar-refractivity contribution in [1.29, 1.82) is 0 Å². The van der Waals surface area contributed by atoms with E-state index in [0.29, 0.717) is 0 Å². The first-order valence-corrected chi connectivity index (χ1v) is 6.01. The molecule has 1 aromatic carbocycles. The maximum atomic E-state index is 12.3. The Morgan fingerprint density at radius 1 is 1.30 bits per heavy atom. The monoisotopic (exact) mass is 349 g/mol. The smallest absolute Gasteiger partial charge is 0.404 e. The van der Waals surface area contributed by atoms with Gasteiger partial charge in [0, 0.05) is 0 Å². The normalized spacial score (nSPS) is 11.2. The molecule has 0 bridgehead atoms. The number of halogens is 4. The largest absolute Gasteiger partial charge is 0.573 e. The fraction of sp³-hybridized carbons (Fsp3) is 0.0909. The summed E-state index contributed by atoms with van der Waals surface area (Å²) in [7, 11) is 0. The van der Waals surface area contributed by atoms with Gasteiger partial charge in [-0.1, -0.05) is 12.1 Å². The first-order valence-electron chi connectivity index (χ1n) is 5.22. The van der Waals surface area contributed by atoms with Crippen LogP contribution < -0.4 is 15.6 Å². The lowest BCUT2D eigenvalue weighted by Gasteiger charge is -2.14. The number of hydrogen-bond donors (Lipinski definition) is 2. The van der Waals surface area contributed by atoms with Crippen molar-refractivity contribution >= 4 is 27.4 Å². The summed E-state index contributed by atoms with van der Waals surface area (Å²) in [4.78, 5) is 17.5. The van der Waals surface area contributed by atoms with E-state index < -0.39 is 17.7 Å². The van der Waals surface area contributed by atoms with Crippen LogP contribution in [-0.2, 0) is 0 Å². The van der Waals surface area contributed by atoms with Gasteiger partial charge in [0.1, 0.15) is 4.47 Å². The van der Waals surface area contributed by atoms with Gasteiger partial charge in [-0.15, -0.1) is 13.2 Å². The molecular weight excluding hydrogens is 343 g/mol. The van der Waals surface area contributed by atoms with E-state index in [9.17, 15) is 18.0 Å². The quantitative estimate of drug-likeness (QED) is 0.893. The molecule has 106 valence electrons. The summed E-state index contributed by atoms with van der Waals surface area (Å²) >= 11 is 2.99. The van der Waals surface area contributed by atoms with Crippen molar-refractivity contribution in [2.45, 2.75) is 6.36 Å². The van der Waals surface area contributed by atoms with Crippen molar-refractivity contribution in [2.75, 3.05) is 5.32 Å². The van der Waals surface area contributed by atoms with Crippen molar-refractivity contribution in [3.05, 3.63) is 45.4 Å². The lowest BCUT2D eigenvalue weighted by molar-refractivity contribution is -0.274. The highest BCUT2D eigenvalue weighted by Crippen LogP contribution is 2.32. The first kappa shape index (κ1) is 14.4. The number of alkyl halides is 3. The van der Waals surface area contributed by atoms with Crippen LogP contribution in [0.25, 0.3) is 0 Å². The summed E-state index contributed by atoms with van der Waals surface area (Å²) in [5, 5.41) is 2.60. The Morgan fingerprint density at radius 2 is 2.00 bits per heavy atom. The van der Waals surface area contributed by atoms with E-state index in [1.54, 1.807) is 0 Å². The van der Waals surface area contributed by atoms with Crippen LogP contribution in [0.2, 0.25) is 0 Å². The third-order valence-corrected chi connectivity index (χ3v) is 2.90. The topological polar surface area (TPSA) is 67.0 Å². The van der Waals surface area contributed by atoms with Gasteiger partial charge in [0.2, 0.25) is 0 Å². The summed E-state index contributed by atoms with van der Waals surface area (Å²) in [6, 6.07) is 5.44. The molecule has 0 saturated heterocycles. The van der Waals surface area contributed by atoms with Gasteiger partial charge in [-0.2, -0.15) is 0 Å². The molecule has 0 unspecified atom stereocenters. The molecular formula is C11H7BrF3N3O2. The predicted octanol–water partition coefficient (Wildman–Crippen LogP) is 3.17. The molecule has 0 aliphatic carbocycles. The van der Waals surface area contributed by atoms with Crippen LogP contribution in [0.1, 0.15) is 0 Å². The maximum absolute atomic E-state index is 12.3. The Hall–Kier alpha value is -2.03. The van der Waals surface area contributed by atoms with E-state index in [-0.39, 0.29) is 16.0 Å². The lowest BCUT2D eigenvalue weighted by atomic mass is 10.3. The van der Waals surface area contributed by atoms with Crippen LogP contribution in [-0.4, -0.2) is 16.3 Å². The number of anilines is 2. The second-order valence-electron chi connectivity index (χ2n) is 3.56. The number of aromatic nitrogens is 2. The highest BCUT2D eigenvalue weighted by molar-refractivity contribution is 9.10. The first-order chi connectivity index (χ1) is 9.37. The molecule has 5 nitrogen and oxygen atoms in total. The van der Waals surface area contributed by atoms with Gasteiger partial charge < -0.3 is 15.0 Å². The van der Waals surface area contributed by atoms with E-state index in [2.05, 4.69) is 36.0 Å². The number of aromatic amines is 1.